The minimum Gasteiger partial charge on any atom is -0.350 e. The highest BCUT2D eigenvalue weighted by atomic mass is 79.9. The third kappa shape index (κ3) is 4.21. The van der Waals surface area contributed by atoms with E-state index in [1.165, 1.54) is 11.3 Å². The Kier molecular flexibility index (Phi) is 5.82. The van der Waals surface area contributed by atoms with Crippen LogP contribution in [0, 0.1) is 18.8 Å². The molecule has 1 aliphatic heterocycles. The average molecular weight is 531 g/mol. The van der Waals surface area contributed by atoms with Gasteiger partial charge in [-0.15, -0.1) is 11.3 Å². The van der Waals surface area contributed by atoms with Gasteiger partial charge in [0, 0.05) is 28.1 Å². The molecule has 2 aromatic carbocycles. The highest BCUT2D eigenvalue weighted by Crippen LogP contribution is 2.50. The number of thiazole rings is 1. The summed E-state index contributed by atoms with van der Waals surface area (Å²) in [5.41, 5.74) is 1.97. The van der Waals surface area contributed by atoms with Crippen LogP contribution in [-0.2, 0) is 0 Å². The van der Waals surface area contributed by atoms with E-state index in [4.69, 9.17) is 11.6 Å². The second-order valence-electron chi connectivity index (χ2n) is 8.33. The Morgan fingerprint density at radius 1 is 1.25 bits per heavy atom. The molecule has 2 aliphatic rings. The molecule has 164 valence electrons. The van der Waals surface area contributed by atoms with E-state index in [2.05, 4.69) is 26.2 Å². The summed E-state index contributed by atoms with van der Waals surface area (Å²) < 4.78 is 0.859. The second kappa shape index (κ2) is 8.61. The SMILES string of the molecule is Cc1nc(C(=O)N2C[C@@H]3C[C@@H]3[C@H]2CNC(=O)c2cccc(Br)c2)c(-c2cccc(Cl)c2)s1. The molecule has 0 radical (unpaired) electrons. The lowest BCUT2D eigenvalue weighted by Gasteiger charge is -2.27. The van der Waals surface area contributed by atoms with Crippen molar-refractivity contribution < 1.29 is 9.59 Å². The van der Waals surface area contributed by atoms with Gasteiger partial charge >= 0.3 is 0 Å². The van der Waals surface area contributed by atoms with Gasteiger partial charge in [0.25, 0.3) is 11.8 Å². The second-order valence-corrected chi connectivity index (χ2v) is 10.9. The molecule has 0 bridgehead atoms. The molecule has 1 saturated heterocycles. The average Bonchev–Trinajstić information content (AvgIpc) is 3.28. The molecule has 1 aromatic heterocycles. The molecular weight excluding hydrogens is 510 g/mol. The Morgan fingerprint density at radius 2 is 2.06 bits per heavy atom. The maximum Gasteiger partial charge on any atom is 0.274 e. The molecule has 5 nitrogen and oxygen atoms in total. The van der Waals surface area contributed by atoms with Crippen molar-refractivity contribution in [3.63, 3.8) is 0 Å². The number of aryl methyl sites for hydroxylation is 1. The van der Waals surface area contributed by atoms with Crippen LogP contribution in [0.25, 0.3) is 10.4 Å². The van der Waals surface area contributed by atoms with Crippen molar-refractivity contribution in [2.24, 2.45) is 11.8 Å². The van der Waals surface area contributed by atoms with E-state index in [9.17, 15) is 9.59 Å². The van der Waals surface area contributed by atoms with Gasteiger partial charge in [-0.1, -0.05) is 45.7 Å². The van der Waals surface area contributed by atoms with Crippen molar-refractivity contribution in [3.8, 4) is 10.4 Å². The summed E-state index contributed by atoms with van der Waals surface area (Å²) >= 11 is 11.1. The molecule has 1 saturated carbocycles. The molecule has 2 fully saturated rings. The number of carbonyl (C=O) groups is 2. The Morgan fingerprint density at radius 3 is 2.84 bits per heavy atom. The van der Waals surface area contributed by atoms with Crippen LogP contribution in [0.3, 0.4) is 0 Å². The smallest absolute Gasteiger partial charge is 0.274 e. The van der Waals surface area contributed by atoms with Crippen molar-refractivity contribution in [3.05, 3.63) is 74.3 Å². The number of likely N-dealkylation sites (tertiary alicyclic amines) is 1. The quantitative estimate of drug-likeness (QED) is 0.479. The number of hydrogen-bond donors (Lipinski definition) is 1. The number of aromatic nitrogens is 1. The van der Waals surface area contributed by atoms with Crippen LogP contribution in [-0.4, -0.2) is 40.8 Å². The fraction of sp³-hybridized carbons (Fsp3) is 0.292. The summed E-state index contributed by atoms with van der Waals surface area (Å²) in [6.07, 6.45) is 1.11. The number of nitrogens with one attached hydrogen (secondary N) is 1. The zero-order chi connectivity index (χ0) is 22.4. The van der Waals surface area contributed by atoms with Gasteiger partial charge in [-0.25, -0.2) is 4.98 Å². The van der Waals surface area contributed by atoms with E-state index in [0.717, 1.165) is 26.3 Å². The number of halogens is 2. The first-order valence-electron chi connectivity index (χ1n) is 10.5. The van der Waals surface area contributed by atoms with Gasteiger partial charge in [-0.2, -0.15) is 0 Å². The monoisotopic (exact) mass is 529 g/mol. The zero-order valence-corrected chi connectivity index (χ0v) is 20.5. The molecule has 2 heterocycles. The number of amides is 2. The summed E-state index contributed by atoms with van der Waals surface area (Å²) in [6, 6.07) is 14.8. The van der Waals surface area contributed by atoms with Crippen LogP contribution in [0.1, 0.15) is 32.3 Å². The van der Waals surface area contributed by atoms with E-state index in [1.54, 1.807) is 12.1 Å². The highest BCUT2D eigenvalue weighted by Gasteiger charge is 2.54. The van der Waals surface area contributed by atoms with Crippen LogP contribution in [0.2, 0.25) is 5.02 Å². The number of rotatable bonds is 5. The summed E-state index contributed by atoms with van der Waals surface area (Å²) in [5, 5.41) is 4.50. The van der Waals surface area contributed by atoms with Gasteiger partial charge in [0.05, 0.1) is 15.9 Å². The number of piperidine rings is 1. The normalized spacial score (nSPS) is 21.3. The molecule has 5 rings (SSSR count). The van der Waals surface area contributed by atoms with Crippen LogP contribution in [0.4, 0.5) is 0 Å². The van der Waals surface area contributed by atoms with Gasteiger partial charge in [0.2, 0.25) is 0 Å². The summed E-state index contributed by atoms with van der Waals surface area (Å²) in [6.45, 7) is 3.06. The van der Waals surface area contributed by atoms with Gasteiger partial charge in [-0.3, -0.25) is 9.59 Å². The van der Waals surface area contributed by atoms with Crippen molar-refractivity contribution in [1.29, 1.82) is 0 Å². The predicted molar refractivity (Wildman–Crippen MR) is 130 cm³/mol. The lowest BCUT2D eigenvalue weighted by atomic mass is 10.1. The molecule has 3 aromatic rings. The zero-order valence-electron chi connectivity index (χ0n) is 17.3. The van der Waals surface area contributed by atoms with E-state index < -0.39 is 0 Å². The molecule has 32 heavy (non-hydrogen) atoms. The minimum absolute atomic E-state index is 0.0159. The van der Waals surface area contributed by atoms with Crippen LogP contribution in [0.5, 0.6) is 0 Å². The van der Waals surface area contributed by atoms with Gasteiger partial charge in [0.15, 0.2) is 0 Å². The van der Waals surface area contributed by atoms with E-state index >= 15 is 0 Å². The summed E-state index contributed by atoms with van der Waals surface area (Å²) in [4.78, 5) is 33.6. The lowest BCUT2D eigenvalue weighted by Crippen LogP contribution is -2.45. The van der Waals surface area contributed by atoms with Crippen LogP contribution < -0.4 is 5.32 Å². The molecule has 2 amide bonds. The number of benzene rings is 2. The van der Waals surface area contributed by atoms with E-state index in [1.807, 2.05) is 48.2 Å². The fourth-order valence-electron chi connectivity index (χ4n) is 4.53. The first kappa shape index (κ1) is 21.6. The van der Waals surface area contributed by atoms with Crippen LogP contribution >= 0.6 is 38.9 Å². The third-order valence-corrected chi connectivity index (χ3v) is 7.89. The molecule has 1 N–H and O–H groups in total. The Balaban J connectivity index is 1.36. The van der Waals surface area contributed by atoms with Gasteiger partial charge < -0.3 is 10.2 Å². The Hall–Kier alpha value is -2.22. The van der Waals surface area contributed by atoms with Gasteiger partial charge in [0.1, 0.15) is 5.69 Å². The van der Waals surface area contributed by atoms with E-state index in [0.29, 0.717) is 41.2 Å². The molecule has 8 heteroatoms. The fourth-order valence-corrected chi connectivity index (χ4v) is 6.03. The summed E-state index contributed by atoms with van der Waals surface area (Å²) in [5.74, 6) is 0.752. The molecule has 1 aliphatic carbocycles. The van der Waals surface area contributed by atoms with Crippen LogP contribution in [0.15, 0.2) is 53.0 Å². The number of hydrogen-bond acceptors (Lipinski definition) is 4. The van der Waals surface area contributed by atoms with Crippen molar-refractivity contribution in [2.45, 2.75) is 19.4 Å². The highest BCUT2D eigenvalue weighted by molar-refractivity contribution is 9.10. The Bertz CT molecular complexity index is 1210. The summed E-state index contributed by atoms with van der Waals surface area (Å²) in [7, 11) is 0. The molecule has 0 spiro atoms. The molecule has 0 unspecified atom stereocenters. The maximum atomic E-state index is 13.6. The van der Waals surface area contributed by atoms with Crippen molar-refractivity contribution in [2.75, 3.05) is 13.1 Å². The maximum absolute atomic E-state index is 13.6. The topological polar surface area (TPSA) is 62.3 Å². The molecule has 3 atom stereocenters. The van der Waals surface area contributed by atoms with Crippen molar-refractivity contribution in [1.82, 2.24) is 15.2 Å². The molecular formula is C24H21BrClN3O2S. The van der Waals surface area contributed by atoms with Gasteiger partial charge in [-0.05, 0) is 61.1 Å². The third-order valence-electron chi connectivity index (χ3n) is 6.15. The van der Waals surface area contributed by atoms with E-state index in [-0.39, 0.29) is 17.9 Å². The number of carbonyl (C=O) groups excluding carboxylic acids is 2. The minimum atomic E-state index is -0.132. The standard InChI is InChI=1S/C24H21BrClN3O2S/c1-13-28-21(22(32-13)14-4-3-7-18(26)9-14)24(31)29-12-16-10-19(16)20(29)11-27-23(30)15-5-2-6-17(25)8-15/h2-9,16,19-20H,10-12H2,1H3,(H,27,30)/t16-,19-,20+/m0/s1. The largest absolute Gasteiger partial charge is 0.350 e. The van der Waals surface area contributed by atoms with Crippen molar-refractivity contribution >= 4 is 50.7 Å². The number of nitrogens with zero attached hydrogens (tertiary/aromatic N) is 2. The predicted octanol–water partition coefficient (Wildman–Crippen LogP) is 5.42. The first-order chi connectivity index (χ1) is 15.4. The first-order valence-corrected chi connectivity index (χ1v) is 12.5. The number of fused-ring (bicyclic) bond motifs is 1. The lowest BCUT2D eigenvalue weighted by molar-refractivity contribution is 0.0690. The Labute approximate surface area is 203 Å².